The number of hydrogen-bond acceptors (Lipinski definition) is 6. The first-order valence-electron chi connectivity index (χ1n) is 5.31. The van der Waals surface area contributed by atoms with Gasteiger partial charge in [0.15, 0.2) is 12.2 Å². The molecule has 17 heavy (non-hydrogen) atoms. The van der Waals surface area contributed by atoms with Crippen molar-refractivity contribution in [2.24, 2.45) is 5.92 Å². The molecule has 0 saturated carbocycles. The van der Waals surface area contributed by atoms with Crippen LogP contribution in [0.4, 0.5) is 0 Å². The molecule has 0 unspecified atom stereocenters. The third-order valence-corrected chi connectivity index (χ3v) is 2.43. The van der Waals surface area contributed by atoms with E-state index in [-0.39, 0.29) is 6.29 Å². The van der Waals surface area contributed by atoms with Gasteiger partial charge in [-0.25, -0.2) is 0 Å². The molecule has 0 aromatic heterocycles. The van der Waals surface area contributed by atoms with Crippen molar-refractivity contribution >= 4 is 11.9 Å². The summed E-state index contributed by atoms with van der Waals surface area (Å²) in [6.45, 7) is 0. The van der Waals surface area contributed by atoms with Crippen molar-refractivity contribution in [3.05, 3.63) is 0 Å². The van der Waals surface area contributed by atoms with Crippen molar-refractivity contribution in [2.75, 3.05) is 28.4 Å². The minimum atomic E-state index is -0.876. The summed E-state index contributed by atoms with van der Waals surface area (Å²) in [6.07, 6.45) is 1.22. The van der Waals surface area contributed by atoms with Crippen LogP contribution in [-0.2, 0) is 28.5 Å². The molecule has 0 atom stereocenters. The van der Waals surface area contributed by atoms with Crippen molar-refractivity contribution in [3.8, 4) is 0 Å². The molecule has 0 aliphatic heterocycles. The van der Waals surface area contributed by atoms with Gasteiger partial charge in [0.05, 0.1) is 14.2 Å². The average Bonchev–Trinajstić information content (AvgIpc) is 2.37. The lowest BCUT2D eigenvalue weighted by atomic mass is 10.0. The van der Waals surface area contributed by atoms with Crippen LogP contribution in [0.15, 0.2) is 0 Å². The molecule has 0 heterocycles. The molecule has 0 N–H and O–H groups in total. The standard InChI is InChI=1S/C11H20O6/c1-14-9(15-2)7-5-6-8(10(12)16-3)11(13)17-4/h8-9H,5-7H2,1-4H3. The van der Waals surface area contributed by atoms with Crippen LogP contribution in [0.3, 0.4) is 0 Å². The van der Waals surface area contributed by atoms with E-state index in [1.54, 1.807) is 0 Å². The van der Waals surface area contributed by atoms with Gasteiger partial charge in [-0.05, 0) is 19.3 Å². The highest BCUT2D eigenvalue weighted by Gasteiger charge is 2.28. The molecular formula is C11H20O6. The van der Waals surface area contributed by atoms with Gasteiger partial charge in [0.2, 0.25) is 0 Å². The zero-order valence-electron chi connectivity index (χ0n) is 10.7. The molecule has 6 heteroatoms. The summed E-state index contributed by atoms with van der Waals surface area (Å²) in [4.78, 5) is 22.7. The molecule has 0 aliphatic rings. The van der Waals surface area contributed by atoms with Gasteiger partial charge < -0.3 is 18.9 Å². The summed E-state index contributed by atoms with van der Waals surface area (Å²) >= 11 is 0. The fraction of sp³-hybridized carbons (Fsp3) is 0.818. The number of ether oxygens (including phenoxy) is 4. The molecule has 0 rings (SSSR count). The molecule has 0 aliphatic carbocycles. The summed E-state index contributed by atoms with van der Waals surface area (Å²) in [7, 11) is 5.55. The molecular weight excluding hydrogens is 228 g/mol. The van der Waals surface area contributed by atoms with E-state index in [9.17, 15) is 9.59 Å². The first kappa shape index (κ1) is 15.9. The molecule has 0 bridgehead atoms. The zero-order chi connectivity index (χ0) is 13.3. The number of rotatable bonds is 8. The van der Waals surface area contributed by atoms with Crippen molar-refractivity contribution in [1.82, 2.24) is 0 Å². The lowest BCUT2D eigenvalue weighted by Gasteiger charge is -2.15. The Morgan fingerprint density at radius 2 is 1.35 bits per heavy atom. The van der Waals surface area contributed by atoms with E-state index in [0.29, 0.717) is 19.3 Å². The van der Waals surface area contributed by atoms with Crippen LogP contribution in [0.1, 0.15) is 19.3 Å². The quantitative estimate of drug-likeness (QED) is 0.358. The van der Waals surface area contributed by atoms with Crippen LogP contribution in [-0.4, -0.2) is 46.7 Å². The third kappa shape index (κ3) is 5.65. The summed E-state index contributed by atoms with van der Waals surface area (Å²) in [6, 6.07) is 0. The third-order valence-electron chi connectivity index (χ3n) is 2.43. The second kappa shape index (κ2) is 8.95. The number of hydrogen-bond donors (Lipinski definition) is 0. The fourth-order valence-corrected chi connectivity index (χ4v) is 1.44. The Labute approximate surface area is 101 Å². The van der Waals surface area contributed by atoms with Gasteiger partial charge in [0.25, 0.3) is 0 Å². The maximum atomic E-state index is 11.3. The van der Waals surface area contributed by atoms with Crippen LogP contribution in [0.2, 0.25) is 0 Å². The van der Waals surface area contributed by atoms with E-state index in [4.69, 9.17) is 9.47 Å². The molecule has 0 fully saturated rings. The van der Waals surface area contributed by atoms with Crippen molar-refractivity contribution in [1.29, 1.82) is 0 Å². The monoisotopic (exact) mass is 248 g/mol. The molecule has 0 aromatic rings. The maximum absolute atomic E-state index is 11.3. The Balaban J connectivity index is 4.17. The Hall–Kier alpha value is -1.14. The predicted molar refractivity (Wildman–Crippen MR) is 59.2 cm³/mol. The zero-order valence-corrected chi connectivity index (χ0v) is 10.7. The maximum Gasteiger partial charge on any atom is 0.320 e. The highest BCUT2D eigenvalue weighted by Crippen LogP contribution is 2.14. The van der Waals surface area contributed by atoms with E-state index in [2.05, 4.69) is 9.47 Å². The van der Waals surface area contributed by atoms with E-state index < -0.39 is 17.9 Å². The van der Waals surface area contributed by atoms with E-state index in [1.807, 2.05) is 0 Å². The van der Waals surface area contributed by atoms with E-state index in [1.165, 1.54) is 28.4 Å². The molecule has 6 nitrogen and oxygen atoms in total. The summed E-state index contributed by atoms with van der Waals surface area (Å²) in [5.74, 6) is -2.04. The Morgan fingerprint density at radius 1 is 0.882 bits per heavy atom. The number of methoxy groups -OCH3 is 4. The van der Waals surface area contributed by atoms with Crippen LogP contribution in [0.25, 0.3) is 0 Å². The van der Waals surface area contributed by atoms with E-state index >= 15 is 0 Å². The van der Waals surface area contributed by atoms with Gasteiger partial charge in [-0.2, -0.15) is 0 Å². The number of carbonyl (C=O) groups excluding carboxylic acids is 2. The second-order valence-electron chi connectivity index (χ2n) is 3.43. The smallest absolute Gasteiger partial charge is 0.320 e. The SMILES string of the molecule is COC(=O)C(CCCC(OC)OC)C(=O)OC. The predicted octanol–water partition coefficient (Wildman–Crippen LogP) is 0.738. The normalized spacial score (nSPS) is 10.7. The van der Waals surface area contributed by atoms with Gasteiger partial charge in [-0.1, -0.05) is 0 Å². The molecule has 100 valence electrons. The first-order chi connectivity index (χ1) is 8.10. The Bertz CT molecular complexity index is 220. The van der Waals surface area contributed by atoms with Crippen LogP contribution < -0.4 is 0 Å². The first-order valence-corrected chi connectivity index (χ1v) is 5.31. The Kier molecular flexibility index (Phi) is 8.35. The lowest BCUT2D eigenvalue weighted by Crippen LogP contribution is -2.27. The van der Waals surface area contributed by atoms with Gasteiger partial charge in [-0.3, -0.25) is 9.59 Å². The Morgan fingerprint density at radius 3 is 1.71 bits per heavy atom. The molecule has 0 aromatic carbocycles. The summed E-state index contributed by atoms with van der Waals surface area (Å²) < 4.78 is 19.1. The van der Waals surface area contributed by atoms with E-state index in [0.717, 1.165) is 0 Å². The summed E-state index contributed by atoms with van der Waals surface area (Å²) in [5.41, 5.74) is 0. The van der Waals surface area contributed by atoms with Gasteiger partial charge >= 0.3 is 11.9 Å². The molecule has 0 saturated heterocycles. The van der Waals surface area contributed by atoms with Crippen LogP contribution >= 0.6 is 0 Å². The van der Waals surface area contributed by atoms with Crippen molar-refractivity contribution in [2.45, 2.75) is 25.6 Å². The van der Waals surface area contributed by atoms with Gasteiger partial charge in [0.1, 0.15) is 0 Å². The van der Waals surface area contributed by atoms with Gasteiger partial charge in [-0.15, -0.1) is 0 Å². The average molecular weight is 248 g/mol. The number of carbonyl (C=O) groups is 2. The topological polar surface area (TPSA) is 71.1 Å². The molecule has 0 spiro atoms. The highest BCUT2D eigenvalue weighted by molar-refractivity contribution is 5.94. The second-order valence-corrected chi connectivity index (χ2v) is 3.43. The van der Waals surface area contributed by atoms with Gasteiger partial charge in [0, 0.05) is 14.2 Å². The largest absolute Gasteiger partial charge is 0.468 e. The molecule has 0 radical (unpaired) electrons. The minimum Gasteiger partial charge on any atom is -0.468 e. The number of esters is 2. The lowest BCUT2D eigenvalue weighted by molar-refractivity contribution is -0.159. The summed E-state index contributed by atoms with van der Waals surface area (Å²) in [5, 5.41) is 0. The van der Waals surface area contributed by atoms with Crippen molar-refractivity contribution in [3.63, 3.8) is 0 Å². The minimum absolute atomic E-state index is 0.328. The highest BCUT2D eigenvalue weighted by atomic mass is 16.7. The molecule has 0 amide bonds. The fourth-order valence-electron chi connectivity index (χ4n) is 1.44. The van der Waals surface area contributed by atoms with Crippen LogP contribution in [0, 0.1) is 5.92 Å². The van der Waals surface area contributed by atoms with Crippen molar-refractivity contribution < 1.29 is 28.5 Å². The van der Waals surface area contributed by atoms with Crippen LogP contribution in [0.5, 0.6) is 0 Å².